The molecule has 0 aromatic heterocycles. The Kier molecular flexibility index (Phi) is 5.54. The maximum Gasteiger partial charge on any atom is 0.379 e. The Morgan fingerprint density at radius 1 is 0.903 bits per heavy atom. The van der Waals surface area contributed by atoms with Crippen LogP contribution >= 0.6 is 23.2 Å². The predicted molar refractivity (Wildman–Crippen MR) is 116 cm³/mol. The molecule has 9 heteroatoms. The van der Waals surface area contributed by atoms with Crippen molar-refractivity contribution in [3.8, 4) is 0 Å². The van der Waals surface area contributed by atoms with E-state index in [1.807, 2.05) is 0 Å². The summed E-state index contributed by atoms with van der Waals surface area (Å²) < 4.78 is 0. The van der Waals surface area contributed by atoms with Crippen molar-refractivity contribution in [3.05, 3.63) is 106 Å². The van der Waals surface area contributed by atoms with E-state index in [0.29, 0.717) is 5.56 Å². The molecule has 0 bridgehead atoms. The van der Waals surface area contributed by atoms with Crippen LogP contribution in [0.1, 0.15) is 21.5 Å². The van der Waals surface area contributed by atoms with Crippen molar-refractivity contribution in [1.82, 2.24) is 10.4 Å². The molecule has 0 fully saturated rings. The van der Waals surface area contributed by atoms with Crippen LogP contribution in [-0.2, 0) is 15.4 Å². The number of carboxylic acid groups (broad SMARTS) is 1. The Bertz CT molecular complexity index is 1150. The van der Waals surface area contributed by atoms with E-state index >= 15 is 0 Å². The van der Waals surface area contributed by atoms with Gasteiger partial charge in [0.15, 0.2) is 0 Å². The average molecular weight is 456 g/mol. The number of halogens is 2. The molecule has 7 nitrogen and oxygen atoms in total. The van der Waals surface area contributed by atoms with Gasteiger partial charge < -0.3 is 9.94 Å². The number of nitrogens with one attached hydrogen (secondary N) is 1. The molecule has 0 radical (unpaired) electrons. The van der Waals surface area contributed by atoms with E-state index < -0.39 is 17.6 Å². The molecule has 3 aromatic carbocycles. The van der Waals surface area contributed by atoms with Gasteiger partial charge in [-0.3, -0.25) is 10.2 Å². The summed E-state index contributed by atoms with van der Waals surface area (Å²) in [6.07, 6.45) is 0. The van der Waals surface area contributed by atoms with E-state index in [1.54, 1.807) is 78.9 Å². The summed E-state index contributed by atoms with van der Waals surface area (Å²) in [5.41, 5.74) is 1.20. The lowest BCUT2D eigenvalue weighted by atomic mass is 10.0. The topological polar surface area (TPSA) is 91.2 Å². The minimum absolute atomic E-state index is 0.0499. The van der Waals surface area contributed by atoms with Crippen LogP contribution < -0.4 is 5.43 Å². The summed E-state index contributed by atoms with van der Waals surface area (Å²) in [6, 6.07) is 21.3. The molecule has 1 aliphatic rings. The molecule has 1 heterocycles. The van der Waals surface area contributed by atoms with Gasteiger partial charge >= 0.3 is 11.7 Å². The first kappa shape index (κ1) is 20.7. The summed E-state index contributed by atoms with van der Waals surface area (Å²) in [5, 5.41) is 15.7. The van der Waals surface area contributed by atoms with Gasteiger partial charge in [0.2, 0.25) is 5.84 Å². The fraction of sp³-hybridized carbons (Fsp3) is 0.0455. The van der Waals surface area contributed by atoms with Crippen LogP contribution in [0.25, 0.3) is 0 Å². The smallest absolute Gasteiger partial charge is 0.379 e. The molecule has 1 aliphatic heterocycles. The van der Waals surface area contributed by atoms with Gasteiger partial charge in [0.25, 0.3) is 5.91 Å². The van der Waals surface area contributed by atoms with Gasteiger partial charge in [0, 0.05) is 11.1 Å². The minimum Gasteiger partial charge on any atom is -0.476 e. The minimum atomic E-state index is -2.18. The van der Waals surface area contributed by atoms with Gasteiger partial charge in [-0.2, -0.15) is 0 Å². The number of nitrogens with zero attached hydrogens (tertiary/aromatic N) is 2. The average Bonchev–Trinajstić information content (AvgIpc) is 3.14. The van der Waals surface area contributed by atoms with Crippen molar-refractivity contribution in [1.29, 1.82) is 0 Å². The summed E-state index contributed by atoms with van der Waals surface area (Å²) in [7, 11) is 0. The normalized spacial score (nSPS) is 17.6. The van der Waals surface area contributed by atoms with Crippen LogP contribution in [0.4, 0.5) is 0 Å². The largest absolute Gasteiger partial charge is 0.476 e. The zero-order chi connectivity index (χ0) is 22.0. The zero-order valence-corrected chi connectivity index (χ0v) is 17.3. The molecule has 31 heavy (non-hydrogen) atoms. The standard InChI is InChI=1S/C22H15Cl2N3O4/c23-16-12-7-13-17(24)18(16)19-26-31-22(21(29)30,15-10-5-2-6-11-15)27(19)25-20(28)14-8-3-1-4-9-14/h1-13H,(H,25,28)(H,29,30). The second-order valence-electron chi connectivity index (χ2n) is 6.56. The zero-order valence-electron chi connectivity index (χ0n) is 15.8. The fourth-order valence-corrected chi connectivity index (χ4v) is 3.77. The van der Waals surface area contributed by atoms with Crippen molar-refractivity contribution < 1.29 is 19.5 Å². The van der Waals surface area contributed by atoms with Gasteiger partial charge in [-0.1, -0.05) is 83.0 Å². The number of rotatable bonds is 5. The van der Waals surface area contributed by atoms with Crippen LogP contribution in [0.3, 0.4) is 0 Å². The highest BCUT2D eigenvalue weighted by atomic mass is 35.5. The molecule has 3 aromatic rings. The Balaban J connectivity index is 1.87. The molecule has 0 spiro atoms. The lowest BCUT2D eigenvalue weighted by Crippen LogP contribution is -2.59. The number of hydrogen-bond acceptors (Lipinski definition) is 5. The lowest BCUT2D eigenvalue weighted by Gasteiger charge is -2.34. The molecule has 2 N–H and O–H groups in total. The molecule has 4 rings (SSSR count). The van der Waals surface area contributed by atoms with Crippen LogP contribution in [0.2, 0.25) is 10.0 Å². The van der Waals surface area contributed by atoms with Crippen LogP contribution in [0.15, 0.2) is 84.0 Å². The number of benzene rings is 3. The summed E-state index contributed by atoms with van der Waals surface area (Å²) in [4.78, 5) is 31.0. The third-order valence-electron chi connectivity index (χ3n) is 4.68. The van der Waals surface area contributed by atoms with Gasteiger partial charge in [0.05, 0.1) is 15.6 Å². The highest BCUT2D eigenvalue weighted by Gasteiger charge is 2.57. The SMILES string of the molecule is O=C(NN1C(c2c(Cl)cccc2Cl)=NOC1(C(=O)O)c1ccccc1)c1ccccc1. The Morgan fingerprint density at radius 3 is 2.06 bits per heavy atom. The maximum atomic E-state index is 13.0. The molecule has 156 valence electrons. The number of amidine groups is 1. The van der Waals surface area contributed by atoms with E-state index in [4.69, 9.17) is 28.0 Å². The molecular weight excluding hydrogens is 441 g/mol. The second kappa shape index (κ2) is 8.29. The van der Waals surface area contributed by atoms with Crippen LogP contribution in [-0.4, -0.2) is 27.8 Å². The number of hydrazine groups is 1. The van der Waals surface area contributed by atoms with Crippen molar-refractivity contribution in [2.24, 2.45) is 5.16 Å². The first-order chi connectivity index (χ1) is 14.9. The lowest BCUT2D eigenvalue weighted by molar-refractivity contribution is -0.186. The van der Waals surface area contributed by atoms with Crippen molar-refractivity contribution in [2.45, 2.75) is 5.72 Å². The van der Waals surface area contributed by atoms with E-state index in [1.165, 1.54) is 0 Å². The Morgan fingerprint density at radius 2 is 1.48 bits per heavy atom. The number of carbonyl (C=O) groups is 2. The number of hydrogen-bond donors (Lipinski definition) is 2. The Labute approximate surface area is 187 Å². The molecule has 0 saturated heterocycles. The molecule has 1 unspecified atom stereocenters. The van der Waals surface area contributed by atoms with Gasteiger partial charge in [-0.25, -0.2) is 9.80 Å². The number of carbonyl (C=O) groups excluding carboxylic acids is 1. The van der Waals surface area contributed by atoms with E-state index in [9.17, 15) is 14.7 Å². The molecule has 1 amide bonds. The monoisotopic (exact) mass is 455 g/mol. The van der Waals surface area contributed by atoms with Crippen molar-refractivity contribution in [2.75, 3.05) is 0 Å². The fourth-order valence-electron chi connectivity index (χ4n) is 3.20. The van der Waals surface area contributed by atoms with Gasteiger partial charge in [-0.15, -0.1) is 0 Å². The van der Waals surface area contributed by atoms with Crippen molar-refractivity contribution >= 4 is 40.9 Å². The second-order valence-corrected chi connectivity index (χ2v) is 7.37. The molecule has 0 saturated carbocycles. The first-order valence-corrected chi connectivity index (χ1v) is 9.86. The number of amides is 1. The summed E-state index contributed by atoms with van der Waals surface area (Å²) >= 11 is 12.7. The van der Waals surface area contributed by atoms with Crippen LogP contribution in [0, 0.1) is 0 Å². The number of oxime groups is 1. The summed E-state index contributed by atoms with van der Waals surface area (Å²) in [5.74, 6) is -2.01. The third kappa shape index (κ3) is 3.58. The van der Waals surface area contributed by atoms with Crippen molar-refractivity contribution in [3.63, 3.8) is 0 Å². The van der Waals surface area contributed by atoms with Gasteiger partial charge in [-0.05, 0) is 24.3 Å². The number of carboxylic acids is 1. The molecular formula is C22H15Cl2N3O4. The predicted octanol–water partition coefficient (Wildman–Crippen LogP) is 4.27. The maximum absolute atomic E-state index is 13.0. The van der Waals surface area contributed by atoms with Gasteiger partial charge in [0.1, 0.15) is 0 Å². The highest BCUT2D eigenvalue weighted by Crippen LogP contribution is 2.39. The van der Waals surface area contributed by atoms with E-state index in [2.05, 4.69) is 10.6 Å². The van der Waals surface area contributed by atoms with E-state index in [0.717, 1.165) is 5.01 Å². The summed E-state index contributed by atoms with van der Waals surface area (Å²) in [6.45, 7) is 0. The first-order valence-electron chi connectivity index (χ1n) is 9.11. The van der Waals surface area contributed by atoms with E-state index in [-0.39, 0.29) is 27.0 Å². The van der Waals surface area contributed by atoms with Crippen LogP contribution in [0.5, 0.6) is 0 Å². The highest BCUT2D eigenvalue weighted by molar-refractivity contribution is 6.40. The molecule has 0 aliphatic carbocycles. The number of aliphatic carboxylic acids is 1. The third-order valence-corrected chi connectivity index (χ3v) is 5.31. The Hall–Kier alpha value is -3.55. The molecule has 1 atom stereocenters. The quantitative estimate of drug-likeness (QED) is 0.599.